The van der Waals surface area contributed by atoms with Crippen LogP contribution in [0.2, 0.25) is 0 Å². The van der Waals surface area contributed by atoms with E-state index in [1.807, 2.05) is 36.4 Å². The van der Waals surface area contributed by atoms with Crippen LogP contribution in [0.25, 0.3) is 0 Å². The van der Waals surface area contributed by atoms with Gasteiger partial charge < -0.3 is 19.5 Å². The maximum absolute atomic E-state index is 12.6. The predicted octanol–water partition coefficient (Wildman–Crippen LogP) is -0.239. The highest BCUT2D eigenvalue weighted by molar-refractivity contribution is 5.90. The van der Waals surface area contributed by atoms with Crippen molar-refractivity contribution in [3.05, 3.63) is 48.0 Å². The van der Waals surface area contributed by atoms with Crippen LogP contribution in [0.1, 0.15) is 5.56 Å². The Kier molecular flexibility index (Phi) is 2.87. The minimum Gasteiger partial charge on any atom is -0.550 e. The molecule has 2 fully saturated rings. The highest BCUT2D eigenvalue weighted by Crippen LogP contribution is 2.51. The fourth-order valence-corrected chi connectivity index (χ4v) is 3.95. The van der Waals surface area contributed by atoms with Gasteiger partial charge in [0.1, 0.15) is 5.60 Å². The van der Waals surface area contributed by atoms with Crippen molar-refractivity contribution in [1.82, 2.24) is 4.90 Å². The molecule has 4 rings (SSSR count). The fourth-order valence-electron chi connectivity index (χ4n) is 3.95. The third kappa shape index (κ3) is 1.82. The molecule has 0 unspecified atom stereocenters. The Labute approximate surface area is 128 Å². The first-order chi connectivity index (χ1) is 10.6. The van der Waals surface area contributed by atoms with Crippen LogP contribution >= 0.6 is 0 Å². The third-order valence-electron chi connectivity index (χ3n) is 4.96. The molecule has 3 aliphatic heterocycles. The van der Waals surface area contributed by atoms with E-state index in [1.54, 1.807) is 11.0 Å². The Morgan fingerprint density at radius 3 is 2.86 bits per heavy atom. The summed E-state index contributed by atoms with van der Waals surface area (Å²) in [5.41, 5.74) is 0.394. The molecule has 1 amide bonds. The van der Waals surface area contributed by atoms with Crippen molar-refractivity contribution < 1.29 is 19.4 Å². The minimum atomic E-state index is -1.19. The molecule has 0 aliphatic carbocycles. The number of carbonyl (C=O) groups excluding carboxylic acids is 2. The number of carboxylic acids is 1. The van der Waals surface area contributed by atoms with Crippen molar-refractivity contribution in [3.63, 3.8) is 0 Å². The SMILES string of the molecule is O=C([O-])[C@H]1[C@@H]2C=C[C@]3(CN(CCc4ccccc4)C(=O)[C@@H]13)O2. The summed E-state index contributed by atoms with van der Waals surface area (Å²) in [5, 5.41) is 11.4. The number of rotatable bonds is 4. The molecule has 0 aromatic heterocycles. The maximum atomic E-state index is 12.6. The zero-order valence-corrected chi connectivity index (χ0v) is 12.0. The number of aliphatic carboxylic acids is 1. The summed E-state index contributed by atoms with van der Waals surface area (Å²) in [7, 11) is 0. The summed E-state index contributed by atoms with van der Waals surface area (Å²) < 4.78 is 5.82. The summed E-state index contributed by atoms with van der Waals surface area (Å²) >= 11 is 0. The molecule has 2 bridgehead atoms. The predicted molar refractivity (Wildman–Crippen MR) is 75.5 cm³/mol. The van der Waals surface area contributed by atoms with Gasteiger partial charge in [-0.25, -0.2) is 0 Å². The van der Waals surface area contributed by atoms with Crippen LogP contribution in [0.5, 0.6) is 0 Å². The van der Waals surface area contributed by atoms with Crippen molar-refractivity contribution in [1.29, 1.82) is 0 Å². The summed E-state index contributed by atoms with van der Waals surface area (Å²) in [5.74, 6) is -2.82. The number of ether oxygens (including phenoxy) is 1. The van der Waals surface area contributed by atoms with Crippen molar-refractivity contribution in [2.24, 2.45) is 11.8 Å². The van der Waals surface area contributed by atoms with Crippen LogP contribution in [-0.4, -0.2) is 41.6 Å². The average molecular weight is 298 g/mol. The number of nitrogens with zero attached hydrogens (tertiary/aromatic N) is 1. The molecule has 1 aromatic rings. The first kappa shape index (κ1) is 13.5. The van der Waals surface area contributed by atoms with Crippen molar-refractivity contribution >= 4 is 11.9 Å². The van der Waals surface area contributed by atoms with Crippen LogP contribution in [0.15, 0.2) is 42.5 Å². The van der Waals surface area contributed by atoms with Crippen LogP contribution in [0.3, 0.4) is 0 Å². The number of hydrogen-bond donors (Lipinski definition) is 0. The van der Waals surface area contributed by atoms with Gasteiger partial charge in [-0.15, -0.1) is 0 Å². The van der Waals surface area contributed by atoms with Gasteiger partial charge in [-0.2, -0.15) is 0 Å². The molecule has 3 aliphatic rings. The smallest absolute Gasteiger partial charge is 0.229 e. The van der Waals surface area contributed by atoms with Crippen molar-refractivity contribution in [2.45, 2.75) is 18.1 Å². The summed E-state index contributed by atoms with van der Waals surface area (Å²) in [6.45, 7) is 1.00. The molecule has 0 N–H and O–H groups in total. The number of carboxylic acid groups (broad SMARTS) is 1. The number of carbonyl (C=O) groups is 2. The number of amides is 1. The van der Waals surface area contributed by atoms with Crippen LogP contribution < -0.4 is 5.11 Å². The molecular weight excluding hydrogens is 282 g/mol. The van der Waals surface area contributed by atoms with Gasteiger partial charge in [-0.3, -0.25) is 4.79 Å². The van der Waals surface area contributed by atoms with Gasteiger partial charge in [0.05, 0.1) is 18.6 Å². The molecular formula is C17H16NO4-. The van der Waals surface area contributed by atoms with E-state index in [1.165, 1.54) is 0 Å². The molecule has 2 saturated heterocycles. The van der Waals surface area contributed by atoms with E-state index in [0.717, 1.165) is 12.0 Å². The summed E-state index contributed by atoms with van der Waals surface area (Å²) in [4.78, 5) is 25.7. The maximum Gasteiger partial charge on any atom is 0.229 e. The van der Waals surface area contributed by atoms with E-state index in [2.05, 4.69) is 0 Å². The van der Waals surface area contributed by atoms with E-state index in [0.29, 0.717) is 13.1 Å². The Bertz CT molecular complexity index is 656. The molecule has 5 nitrogen and oxygen atoms in total. The lowest BCUT2D eigenvalue weighted by atomic mass is 9.77. The lowest BCUT2D eigenvalue weighted by Gasteiger charge is -2.24. The molecule has 4 atom stereocenters. The standard InChI is InChI=1S/C17H17NO4/c19-15-14-13(16(20)21)12-6-8-17(14,22-12)10-18(15)9-7-11-4-2-1-3-5-11/h1-6,8,12-14H,7,9-10H2,(H,20,21)/p-1/t12-,13-,14+,17+/m0/s1. The normalized spacial score (nSPS) is 35.2. The number of benzene rings is 1. The van der Waals surface area contributed by atoms with Crippen molar-refractivity contribution in [2.75, 3.05) is 13.1 Å². The van der Waals surface area contributed by atoms with Crippen molar-refractivity contribution in [3.8, 4) is 0 Å². The first-order valence-corrected chi connectivity index (χ1v) is 7.51. The third-order valence-corrected chi connectivity index (χ3v) is 4.96. The zero-order chi connectivity index (χ0) is 15.3. The van der Waals surface area contributed by atoms with E-state index < -0.39 is 29.5 Å². The average Bonchev–Trinajstić information content (AvgIpc) is 3.14. The Morgan fingerprint density at radius 1 is 1.36 bits per heavy atom. The number of hydrogen-bond acceptors (Lipinski definition) is 4. The first-order valence-electron chi connectivity index (χ1n) is 7.51. The lowest BCUT2D eigenvalue weighted by Crippen LogP contribution is -2.45. The quantitative estimate of drug-likeness (QED) is 0.720. The topological polar surface area (TPSA) is 69.7 Å². The molecule has 1 aromatic carbocycles. The largest absolute Gasteiger partial charge is 0.550 e. The number of likely N-dealkylation sites (tertiary alicyclic amines) is 1. The molecule has 3 heterocycles. The minimum absolute atomic E-state index is 0.128. The van der Waals surface area contributed by atoms with Crippen LogP contribution in [-0.2, 0) is 20.7 Å². The molecule has 5 heteroatoms. The van der Waals surface area contributed by atoms with Crippen LogP contribution in [0, 0.1) is 11.8 Å². The Morgan fingerprint density at radius 2 is 2.14 bits per heavy atom. The van der Waals surface area contributed by atoms with E-state index in [4.69, 9.17) is 4.74 Å². The van der Waals surface area contributed by atoms with E-state index >= 15 is 0 Å². The highest BCUT2D eigenvalue weighted by atomic mass is 16.5. The summed E-state index contributed by atoms with van der Waals surface area (Å²) in [6.07, 6.45) is 3.85. The second-order valence-corrected chi connectivity index (χ2v) is 6.21. The zero-order valence-electron chi connectivity index (χ0n) is 12.0. The fraction of sp³-hybridized carbons (Fsp3) is 0.412. The lowest BCUT2D eigenvalue weighted by molar-refractivity contribution is -0.313. The Balaban J connectivity index is 1.53. The molecule has 0 radical (unpaired) electrons. The molecule has 1 spiro atoms. The van der Waals surface area contributed by atoms with Gasteiger partial charge in [0, 0.05) is 18.4 Å². The van der Waals surface area contributed by atoms with Gasteiger partial charge in [0.2, 0.25) is 5.91 Å². The second-order valence-electron chi connectivity index (χ2n) is 6.21. The van der Waals surface area contributed by atoms with Gasteiger partial charge in [-0.05, 0) is 12.0 Å². The molecule has 22 heavy (non-hydrogen) atoms. The van der Waals surface area contributed by atoms with Crippen LogP contribution in [0.4, 0.5) is 0 Å². The van der Waals surface area contributed by atoms with Gasteiger partial charge in [0.15, 0.2) is 0 Å². The van der Waals surface area contributed by atoms with Gasteiger partial charge in [0.25, 0.3) is 0 Å². The van der Waals surface area contributed by atoms with E-state index in [-0.39, 0.29) is 5.91 Å². The molecule has 0 saturated carbocycles. The van der Waals surface area contributed by atoms with E-state index in [9.17, 15) is 14.7 Å². The monoisotopic (exact) mass is 298 g/mol. The molecule has 114 valence electrons. The second kappa shape index (κ2) is 4.68. The summed E-state index contributed by atoms with van der Waals surface area (Å²) in [6, 6.07) is 9.93. The van der Waals surface area contributed by atoms with Gasteiger partial charge >= 0.3 is 0 Å². The highest BCUT2D eigenvalue weighted by Gasteiger charge is 2.65. The number of fused-ring (bicyclic) bond motifs is 1. The Hall–Kier alpha value is -2.14. The van der Waals surface area contributed by atoms with Gasteiger partial charge in [-0.1, -0.05) is 42.5 Å².